The van der Waals surface area contributed by atoms with Gasteiger partial charge in [0.25, 0.3) is 0 Å². The molecule has 6 nitrogen and oxygen atoms in total. The Balaban J connectivity index is 1.66. The van der Waals surface area contributed by atoms with Crippen LogP contribution in [-0.2, 0) is 0 Å². The third-order valence-electron chi connectivity index (χ3n) is 4.82. The van der Waals surface area contributed by atoms with Gasteiger partial charge in [-0.1, -0.05) is 36.8 Å². The van der Waals surface area contributed by atoms with Crippen molar-refractivity contribution < 1.29 is 14.6 Å². The van der Waals surface area contributed by atoms with E-state index in [1.54, 1.807) is 0 Å². The Morgan fingerprint density at radius 2 is 2.08 bits per heavy atom. The number of ether oxygens (including phenoxy) is 1. The zero-order valence-corrected chi connectivity index (χ0v) is 14.3. The molecule has 1 aliphatic carbocycles. The van der Waals surface area contributed by atoms with E-state index in [2.05, 4.69) is 39.6 Å². The van der Waals surface area contributed by atoms with E-state index in [1.165, 1.54) is 31.8 Å². The summed E-state index contributed by atoms with van der Waals surface area (Å²) in [6.45, 7) is 0.746. The van der Waals surface area contributed by atoms with Gasteiger partial charge in [0, 0.05) is 6.54 Å². The second-order valence-corrected chi connectivity index (χ2v) is 6.43. The number of anilines is 1. The van der Waals surface area contributed by atoms with Crippen LogP contribution in [0.3, 0.4) is 0 Å². The van der Waals surface area contributed by atoms with E-state index in [9.17, 15) is 9.90 Å². The zero-order chi connectivity index (χ0) is 17.6. The van der Waals surface area contributed by atoms with E-state index in [4.69, 9.17) is 4.74 Å². The summed E-state index contributed by atoms with van der Waals surface area (Å²) in [5.74, 6) is 0.613. The maximum atomic E-state index is 11.2. The summed E-state index contributed by atoms with van der Waals surface area (Å²) in [6, 6.07) is 10.6. The lowest BCUT2D eigenvalue weighted by Gasteiger charge is -2.30. The Hall–Kier alpha value is -2.63. The summed E-state index contributed by atoms with van der Waals surface area (Å²) in [6.07, 6.45) is 5.96. The predicted molar refractivity (Wildman–Crippen MR) is 95.2 cm³/mol. The van der Waals surface area contributed by atoms with Gasteiger partial charge in [0.2, 0.25) is 0 Å². The van der Waals surface area contributed by atoms with Crippen molar-refractivity contribution in [3.05, 3.63) is 47.9 Å². The zero-order valence-electron chi connectivity index (χ0n) is 14.3. The average molecular weight is 341 g/mol. The number of carboxylic acid groups (broad SMARTS) is 1. The molecule has 1 fully saturated rings. The molecule has 0 amide bonds. The summed E-state index contributed by atoms with van der Waals surface area (Å²) in [4.78, 5) is 19.2. The molecule has 0 bridgehead atoms. The standard InChI is InChI=1S/C19H23N3O3/c1-25-17-16(19(23)24)21-12-22-18(17)20-11-13-6-5-9-15(10-13)14-7-3-2-4-8-14/h2-4,7-8,12-13,15H,5-6,9-11H2,1H3,(H,23,24)(H,20,21,22). The van der Waals surface area contributed by atoms with Gasteiger partial charge in [-0.3, -0.25) is 0 Å². The smallest absolute Gasteiger partial charge is 0.358 e. The SMILES string of the molecule is COc1c(NCC2CCCC(c3ccccc3)C2)ncnc1C(=O)O. The molecule has 0 aliphatic heterocycles. The highest BCUT2D eigenvalue weighted by molar-refractivity contribution is 5.90. The van der Waals surface area contributed by atoms with Crippen molar-refractivity contribution in [2.45, 2.75) is 31.6 Å². The third-order valence-corrected chi connectivity index (χ3v) is 4.82. The number of rotatable bonds is 6. The van der Waals surface area contributed by atoms with Crippen molar-refractivity contribution in [3.8, 4) is 5.75 Å². The third kappa shape index (κ3) is 4.07. The van der Waals surface area contributed by atoms with Crippen molar-refractivity contribution in [2.24, 2.45) is 5.92 Å². The molecule has 1 heterocycles. The number of carboxylic acids is 1. The van der Waals surface area contributed by atoms with Crippen LogP contribution in [0.1, 0.15) is 47.7 Å². The number of benzene rings is 1. The Labute approximate surface area is 147 Å². The summed E-state index contributed by atoms with van der Waals surface area (Å²) in [5, 5.41) is 12.5. The highest BCUT2D eigenvalue weighted by Gasteiger charge is 2.24. The van der Waals surface area contributed by atoms with Crippen molar-refractivity contribution in [1.29, 1.82) is 0 Å². The Morgan fingerprint density at radius 1 is 1.28 bits per heavy atom. The van der Waals surface area contributed by atoms with E-state index in [0.717, 1.165) is 19.4 Å². The first kappa shape index (κ1) is 17.2. The fourth-order valence-corrected chi connectivity index (χ4v) is 3.59. The Kier molecular flexibility index (Phi) is 5.48. The second kappa shape index (κ2) is 7.96. The summed E-state index contributed by atoms with van der Waals surface area (Å²) in [7, 11) is 1.43. The highest BCUT2D eigenvalue weighted by atomic mass is 16.5. The van der Waals surface area contributed by atoms with Crippen LogP contribution in [-0.4, -0.2) is 34.7 Å². The molecule has 1 saturated carbocycles. The van der Waals surface area contributed by atoms with Crippen molar-refractivity contribution in [1.82, 2.24) is 9.97 Å². The molecule has 0 saturated heterocycles. The number of nitrogens with one attached hydrogen (secondary N) is 1. The average Bonchev–Trinajstić information content (AvgIpc) is 2.66. The number of nitrogens with zero attached hydrogens (tertiary/aromatic N) is 2. The van der Waals surface area contributed by atoms with Gasteiger partial charge in [-0.2, -0.15) is 0 Å². The molecular weight excluding hydrogens is 318 g/mol. The van der Waals surface area contributed by atoms with Gasteiger partial charge in [-0.15, -0.1) is 0 Å². The molecule has 2 unspecified atom stereocenters. The molecule has 1 aromatic heterocycles. The fraction of sp³-hybridized carbons (Fsp3) is 0.421. The number of hydrogen-bond donors (Lipinski definition) is 2. The second-order valence-electron chi connectivity index (χ2n) is 6.43. The van der Waals surface area contributed by atoms with Crippen molar-refractivity contribution in [2.75, 3.05) is 19.0 Å². The maximum Gasteiger partial charge on any atom is 0.358 e. The Morgan fingerprint density at radius 3 is 2.80 bits per heavy atom. The molecule has 2 atom stereocenters. The van der Waals surface area contributed by atoms with Crippen LogP contribution in [0.15, 0.2) is 36.7 Å². The first-order valence-electron chi connectivity index (χ1n) is 8.60. The molecule has 132 valence electrons. The van der Waals surface area contributed by atoms with Crippen LogP contribution >= 0.6 is 0 Å². The van der Waals surface area contributed by atoms with Crippen molar-refractivity contribution >= 4 is 11.8 Å². The molecule has 0 spiro atoms. The molecular formula is C19H23N3O3. The predicted octanol–water partition coefficient (Wildman–Crippen LogP) is 3.57. The molecule has 2 aromatic rings. The van der Waals surface area contributed by atoms with Crippen LogP contribution in [0.5, 0.6) is 5.75 Å². The fourth-order valence-electron chi connectivity index (χ4n) is 3.59. The summed E-state index contributed by atoms with van der Waals surface area (Å²) in [5.41, 5.74) is 1.28. The normalized spacial score (nSPS) is 20.0. The van der Waals surface area contributed by atoms with Gasteiger partial charge in [-0.05, 0) is 36.7 Å². The van der Waals surface area contributed by atoms with Crippen LogP contribution < -0.4 is 10.1 Å². The number of methoxy groups -OCH3 is 1. The van der Waals surface area contributed by atoms with Crippen LogP contribution in [0, 0.1) is 5.92 Å². The first-order chi connectivity index (χ1) is 12.2. The molecule has 6 heteroatoms. The van der Waals surface area contributed by atoms with E-state index in [0.29, 0.717) is 17.7 Å². The van der Waals surface area contributed by atoms with Crippen molar-refractivity contribution in [3.63, 3.8) is 0 Å². The summed E-state index contributed by atoms with van der Waals surface area (Å²) < 4.78 is 5.20. The van der Waals surface area contributed by atoms with Gasteiger partial charge in [0.05, 0.1) is 7.11 Å². The highest BCUT2D eigenvalue weighted by Crippen LogP contribution is 2.36. The number of hydrogen-bond acceptors (Lipinski definition) is 5. The van der Waals surface area contributed by atoms with Gasteiger partial charge in [0.1, 0.15) is 6.33 Å². The molecule has 0 radical (unpaired) electrons. The topological polar surface area (TPSA) is 84.3 Å². The van der Waals surface area contributed by atoms with E-state index < -0.39 is 5.97 Å². The Bertz CT molecular complexity index is 721. The lowest BCUT2D eigenvalue weighted by atomic mass is 9.78. The quantitative estimate of drug-likeness (QED) is 0.835. The van der Waals surface area contributed by atoms with Gasteiger partial charge >= 0.3 is 5.97 Å². The lowest BCUT2D eigenvalue weighted by Crippen LogP contribution is -2.22. The number of carbonyl (C=O) groups is 1. The van der Waals surface area contributed by atoms with E-state index >= 15 is 0 Å². The van der Waals surface area contributed by atoms with E-state index in [-0.39, 0.29) is 11.4 Å². The van der Waals surface area contributed by atoms with Gasteiger partial charge in [-0.25, -0.2) is 14.8 Å². The molecule has 25 heavy (non-hydrogen) atoms. The number of aromatic nitrogens is 2. The maximum absolute atomic E-state index is 11.2. The largest absolute Gasteiger partial charge is 0.491 e. The van der Waals surface area contributed by atoms with Crippen LogP contribution in [0.4, 0.5) is 5.82 Å². The van der Waals surface area contributed by atoms with Crippen LogP contribution in [0.25, 0.3) is 0 Å². The minimum atomic E-state index is -1.12. The molecule has 1 aliphatic rings. The molecule has 3 rings (SSSR count). The van der Waals surface area contributed by atoms with Crippen LogP contribution in [0.2, 0.25) is 0 Å². The monoisotopic (exact) mass is 341 g/mol. The summed E-state index contributed by atoms with van der Waals surface area (Å²) >= 11 is 0. The minimum Gasteiger partial charge on any atom is -0.491 e. The molecule has 1 aromatic carbocycles. The number of aromatic carboxylic acids is 1. The molecule has 2 N–H and O–H groups in total. The van der Waals surface area contributed by atoms with Gasteiger partial charge in [0.15, 0.2) is 17.3 Å². The first-order valence-corrected chi connectivity index (χ1v) is 8.60. The van der Waals surface area contributed by atoms with E-state index in [1.807, 2.05) is 6.07 Å². The minimum absolute atomic E-state index is 0.120. The lowest BCUT2D eigenvalue weighted by molar-refractivity contribution is 0.0686. The van der Waals surface area contributed by atoms with Gasteiger partial charge < -0.3 is 15.2 Å².